The number of likely N-dealkylation sites (tertiary alicyclic amines) is 1. The molecule has 1 fully saturated rings. The Morgan fingerprint density at radius 3 is 2.74 bits per heavy atom. The monoisotopic (exact) mass is 321 g/mol. The molecule has 0 saturated carbocycles. The number of rotatable bonds is 1. The van der Waals surface area contributed by atoms with Crippen molar-refractivity contribution in [2.45, 2.75) is 26.2 Å². The Kier molecular flexibility index (Phi) is 3.31. The number of pyridine rings is 1. The summed E-state index contributed by atoms with van der Waals surface area (Å²) in [6.45, 7) is 3.62. The van der Waals surface area contributed by atoms with Crippen molar-refractivity contribution in [3.8, 4) is 0 Å². The Balaban J connectivity index is 2.05. The Morgan fingerprint density at radius 2 is 2.00 bits per heavy atom. The fraction of sp³-hybridized carbons (Fsp3) is 0.429. The van der Waals surface area contributed by atoms with Gasteiger partial charge in [-0.2, -0.15) is 0 Å². The van der Waals surface area contributed by atoms with Gasteiger partial charge >= 0.3 is 0 Å². The van der Waals surface area contributed by atoms with Gasteiger partial charge in [0, 0.05) is 23.8 Å². The number of piperidine rings is 1. The third kappa shape index (κ3) is 2.27. The minimum absolute atomic E-state index is 0.0998. The first-order valence-corrected chi connectivity index (χ1v) is 7.39. The number of carbonyl (C=O) groups excluding carboxylic acids is 1. The van der Waals surface area contributed by atoms with Crippen LogP contribution in [0.25, 0.3) is 5.65 Å². The first-order valence-electron chi connectivity index (χ1n) is 6.60. The van der Waals surface area contributed by atoms with E-state index in [2.05, 4.69) is 20.9 Å². The third-order valence-corrected chi connectivity index (χ3v) is 4.07. The number of fused-ring (bicyclic) bond motifs is 1. The third-order valence-electron chi connectivity index (χ3n) is 3.60. The molecular formula is C14H16BrN3O. The summed E-state index contributed by atoms with van der Waals surface area (Å²) < 4.78 is 2.83. The van der Waals surface area contributed by atoms with Crippen LogP contribution in [-0.2, 0) is 0 Å². The van der Waals surface area contributed by atoms with Crippen LogP contribution in [0.15, 0.2) is 22.8 Å². The van der Waals surface area contributed by atoms with Gasteiger partial charge in [0.25, 0.3) is 5.91 Å². The first-order chi connectivity index (χ1) is 9.16. The molecule has 0 spiro atoms. The maximum absolute atomic E-state index is 12.7. The lowest BCUT2D eigenvalue weighted by Crippen LogP contribution is -2.36. The van der Waals surface area contributed by atoms with E-state index < -0.39 is 0 Å². The van der Waals surface area contributed by atoms with Crippen molar-refractivity contribution in [3.63, 3.8) is 0 Å². The van der Waals surface area contributed by atoms with Crippen molar-refractivity contribution in [1.29, 1.82) is 0 Å². The van der Waals surface area contributed by atoms with Crippen LogP contribution in [0.5, 0.6) is 0 Å². The van der Waals surface area contributed by atoms with Crippen molar-refractivity contribution in [2.75, 3.05) is 13.1 Å². The molecule has 0 bridgehead atoms. The molecule has 1 amide bonds. The van der Waals surface area contributed by atoms with Crippen molar-refractivity contribution < 1.29 is 4.79 Å². The van der Waals surface area contributed by atoms with E-state index in [1.54, 1.807) is 0 Å². The standard InChI is InChI=1S/C14H16BrN3O/c1-10-13(14(19)17-7-3-2-4-8-17)18-9-11(15)5-6-12(18)16-10/h5-6,9H,2-4,7-8H2,1H3. The van der Waals surface area contributed by atoms with E-state index in [0.29, 0.717) is 5.69 Å². The van der Waals surface area contributed by atoms with Gasteiger partial charge in [-0.25, -0.2) is 4.98 Å². The molecule has 1 aliphatic heterocycles. The van der Waals surface area contributed by atoms with E-state index in [1.165, 1.54) is 6.42 Å². The van der Waals surface area contributed by atoms with E-state index >= 15 is 0 Å². The summed E-state index contributed by atoms with van der Waals surface area (Å²) in [7, 11) is 0. The number of nitrogens with zero attached hydrogens (tertiary/aromatic N) is 3. The minimum Gasteiger partial charge on any atom is -0.337 e. The molecule has 0 aromatic carbocycles. The Labute approximate surface area is 120 Å². The van der Waals surface area contributed by atoms with E-state index in [-0.39, 0.29) is 5.91 Å². The Morgan fingerprint density at radius 1 is 1.26 bits per heavy atom. The van der Waals surface area contributed by atoms with Gasteiger partial charge in [-0.05, 0) is 54.2 Å². The normalized spacial score (nSPS) is 16.0. The van der Waals surface area contributed by atoms with Gasteiger partial charge in [0.05, 0.1) is 5.69 Å². The molecule has 1 saturated heterocycles. The molecule has 0 unspecified atom stereocenters. The van der Waals surface area contributed by atoms with Gasteiger partial charge in [0.15, 0.2) is 0 Å². The molecule has 0 radical (unpaired) electrons. The van der Waals surface area contributed by atoms with E-state index in [4.69, 9.17) is 0 Å². The predicted octanol–water partition coefficient (Wildman–Crippen LogP) is 3.03. The molecule has 0 atom stereocenters. The maximum Gasteiger partial charge on any atom is 0.272 e. The highest BCUT2D eigenvalue weighted by Crippen LogP contribution is 2.20. The average molecular weight is 322 g/mol. The van der Waals surface area contributed by atoms with E-state index in [1.807, 2.05) is 34.6 Å². The predicted molar refractivity (Wildman–Crippen MR) is 77.4 cm³/mol. The SMILES string of the molecule is Cc1nc2ccc(Br)cn2c1C(=O)N1CCCCC1. The second kappa shape index (κ2) is 4.96. The number of aryl methyl sites for hydroxylation is 1. The highest BCUT2D eigenvalue weighted by atomic mass is 79.9. The smallest absolute Gasteiger partial charge is 0.272 e. The molecule has 2 aromatic rings. The molecule has 100 valence electrons. The van der Waals surface area contributed by atoms with Gasteiger partial charge in [0.2, 0.25) is 0 Å². The van der Waals surface area contributed by atoms with Crippen molar-refractivity contribution in [2.24, 2.45) is 0 Å². The zero-order valence-corrected chi connectivity index (χ0v) is 12.5. The zero-order chi connectivity index (χ0) is 13.4. The quantitative estimate of drug-likeness (QED) is 0.809. The summed E-state index contributed by atoms with van der Waals surface area (Å²) in [5, 5.41) is 0. The van der Waals surface area contributed by atoms with Crippen LogP contribution < -0.4 is 0 Å². The maximum atomic E-state index is 12.7. The fourth-order valence-electron chi connectivity index (χ4n) is 2.64. The number of halogens is 1. The number of hydrogen-bond donors (Lipinski definition) is 0. The average Bonchev–Trinajstić information content (AvgIpc) is 2.74. The number of imidazole rings is 1. The van der Waals surface area contributed by atoms with Gasteiger partial charge in [0.1, 0.15) is 11.3 Å². The van der Waals surface area contributed by atoms with Gasteiger partial charge in [-0.3, -0.25) is 9.20 Å². The zero-order valence-electron chi connectivity index (χ0n) is 10.9. The fourth-order valence-corrected chi connectivity index (χ4v) is 2.98. The minimum atomic E-state index is 0.0998. The lowest BCUT2D eigenvalue weighted by molar-refractivity contribution is 0.0716. The molecule has 19 heavy (non-hydrogen) atoms. The van der Waals surface area contributed by atoms with Crippen molar-refractivity contribution in [1.82, 2.24) is 14.3 Å². The number of aromatic nitrogens is 2. The van der Waals surface area contributed by atoms with Crippen LogP contribution in [0.3, 0.4) is 0 Å². The van der Waals surface area contributed by atoms with Gasteiger partial charge < -0.3 is 4.90 Å². The topological polar surface area (TPSA) is 37.6 Å². The lowest BCUT2D eigenvalue weighted by Gasteiger charge is -2.26. The van der Waals surface area contributed by atoms with Crippen LogP contribution in [0.2, 0.25) is 0 Å². The molecule has 4 nitrogen and oxygen atoms in total. The molecule has 5 heteroatoms. The Hall–Kier alpha value is -1.36. The van der Waals surface area contributed by atoms with Crippen LogP contribution in [0, 0.1) is 6.92 Å². The summed E-state index contributed by atoms with van der Waals surface area (Å²) in [6.07, 6.45) is 5.34. The lowest BCUT2D eigenvalue weighted by atomic mass is 10.1. The molecule has 0 N–H and O–H groups in total. The molecule has 3 heterocycles. The molecule has 0 aliphatic carbocycles. The van der Waals surface area contributed by atoms with E-state index in [0.717, 1.165) is 41.7 Å². The molecule has 1 aliphatic rings. The molecule has 2 aromatic heterocycles. The number of hydrogen-bond acceptors (Lipinski definition) is 2. The van der Waals surface area contributed by atoms with Gasteiger partial charge in [-0.1, -0.05) is 0 Å². The number of carbonyl (C=O) groups is 1. The highest BCUT2D eigenvalue weighted by molar-refractivity contribution is 9.10. The summed E-state index contributed by atoms with van der Waals surface area (Å²) >= 11 is 3.45. The largest absolute Gasteiger partial charge is 0.337 e. The summed E-state index contributed by atoms with van der Waals surface area (Å²) in [5.74, 6) is 0.0998. The van der Waals surface area contributed by atoms with Gasteiger partial charge in [-0.15, -0.1) is 0 Å². The molecular weight excluding hydrogens is 306 g/mol. The van der Waals surface area contributed by atoms with Crippen LogP contribution >= 0.6 is 15.9 Å². The summed E-state index contributed by atoms with van der Waals surface area (Å²) in [5.41, 5.74) is 2.31. The van der Waals surface area contributed by atoms with Crippen molar-refractivity contribution in [3.05, 3.63) is 34.2 Å². The first kappa shape index (κ1) is 12.7. The summed E-state index contributed by atoms with van der Waals surface area (Å²) in [4.78, 5) is 19.1. The van der Waals surface area contributed by atoms with Crippen LogP contribution in [-0.4, -0.2) is 33.3 Å². The number of amides is 1. The highest BCUT2D eigenvalue weighted by Gasteiger charge is 2.23. The summed E-state index contributed by atoms with van der Waals surface area (Å²) in [6, 6.07) is 3.86. The second-order valence-electron chi connectivity index (χ2n) is 4.97. The van der Waals surface area contributed by atoms with Crippen molar-refractivity contribution >= 4 is 27.5 Å². The van der Waals surface area contributed by atoms with Crippen LogP contribution in [0.4, 0.5) is 0 Å². The van der Waals surface area contributed by atoms with E-state index in [9.17, 15) is 4.79 Å². The Bertz CT molecular complexity index is 629. The molecule has 3 rings (SSSR count). The second-order valence-corrected chi connectivity index (χ2v) is 5.89. The van der Waals surface area contributed by atoms with Crippen LogP contribution in [0.1, 0.15) is 35.4 Å².